The Bertz CT molecular complexity index is 371. The Morgan fingerprint density at radius 1 is 1.56 bits per heavy atom. The van der Waals surface area contributed by atoms with Gasteiger partial charge in [-0.25, -0.2) is 4.39 Å². The molecular weight excluding hydrogens is 295 g/mol. The van der Waals surface area contributed by atoms with Gasteiger partial charge in [-0.2, -0.15) is 0 Å². The minimum Gasteiger partial charge on any atom is -0.492 e. The van der Waals surface area contributed by atoms with Gasteiger partial charge in [-0.1, -0.05) is 11.8 Å². The second kappa shape index (κ2) is 6.91. The van der Waals surface area contributed by atoms with Crippen molar-refractivity contribution >= 4 is 32.8 Å². The van der Waals surface area contributed by atoms with E-state index in [1.165, 1.54) is 30.8 Å². The summed E-state index contributed by atoms with van der Waals surface area (Å²) in [5, 5.41) is 0.104. The summed E-state index contributed by atoms with van der Waals surface area (Å²) in [6, 6.07) is 4.31. The third-order valence-electron chi connectivity index (χ3n) is 1.74. The van der Waals surface area contributed by atoms with Gasteiger partial charge in [-0.3, -0.25) is 4.79 Å². The molecule has 16 heavy (non-hydrogen) atoms. The van der Waals surface area contributed by atoms with Crippen molar-refractivity contribution in [1.82, 2.24) is 0 Å². The first-order chi connectivity index (χ1) is 7.59. The van der Waals surface area contributed by atoms with E-state index in [4.69, 9.17) is 4.74 Å². The first-order valence-corrected chi connectivity index (χ1v) is 6.58. The summed E-state index contributed by atoms with van der Waals surface area (Å²) in [4.78, 5) is 10.6. The molecule has 0 aliphatic rings. The molecule has 0 bridgehead atoms. The first kappa shape index (κ1) is 13.5. The van der Waals surface area contributed by atoms with E-state index >= 15 is 0 Å². The fraction of sp³-hybridized carbons (Fsp3) is 0.364. The van der Waals surface area contributed by atoms with E-state index in [9.17, 15) is 9.18 Å². The van der Waals surface area contributed by atoms with E-state index in [2.05, 4.69) is 15.9 Å². The molecule has 2 nitrogen and oxygen atoms in total. The Morgan fingerprint density at radius 3 is 3.00 bits per heavy atom. The maximum Gasteiger partial charge on any atom is 0.185 e. The molecular formula is C11H12BrFO2S. The molecule has 88 valence electrons. The third kappa shape index (κ3) is 4.99. The van der Waals surface area contributed by atoms with Crippen molar-refractivity contribution in [2.24, 2.45) is 0 Å². The molecule has 0 unspecified atom stereocenters. The molecule has 1 aromatic carbocycles. The summed E-state index contributed by atoms with van der Waals surface area (Å²) in [6.07, 6.45) is 0.757. The van der Waals surface area contributed by atoms with E-state index in [0.29, 0.717) is 12.4 Å². The zero-order valence-corrected chi connectivity index (χ0v) is 11.2. The fourth-order valence-corrected chi connectivity index (χ4v) is 1.96. The van der Waals surface area contributed by atoms with E-state index < -0.39 is 0 Å². The molecule has 1 aromatic rings. The largest absolute Gasteiger partial charge is 0.492 e. The van der Waals surface area contributed by atoms with E-state index in [0.717, 1.165) is 16.6 Å². The van der Waals surface area contributed by atoms with E-state index in [1.54, 1.807) is 6.07 Å². The standard InChI is InChI=1S/C11H12BrFO2S/c1-8(14)16-6-2-5-15-11-7-9(13)3-4-10(11)12/h3-4,7H,2,5-6H2,1H3. The maximum absolute atomic E-state index is 12.9. The fourth-order valence-electron chi connectivity index (χ4n) is 1.04. The molecule has 0 N–H and O–H groups in total. The second-order valence-corrected chi connectivity index (χ2v) is 5.24. The highest BCUT2D eigenvalue weighted by Gasteiger charge is 2.02. The van der Waals surface area contributed by atoms with E-state index in [-0.39, 0.29) is 10.9 Å². The highest BCUT2D eigenvalue weighted by molar-refractivity contribution is 9.10. The van der Waals surface area contributed by atoms with Crippen LogP contribution in [0.4, 0.5) is 4.39 Å². The number of benzene rings is 1. The van der Waals surface area contributed by atoms with Gasteiger partial charge < -0.3 is 4.74 Å². The SMILES string of the molecule is CC(=O)SCCCOc1cc(F)ccc1Br. The van der Waals surface area contributed by atoms with Crippen LogP contribution in [0.1, 0.15) is 13.3 Å². The molecule has 0 saturated carbocycles. The van der Waals surface area contributed by atoms with Crippen molar-refractivity contribution in [2.45, 2.75) is 13.3 Å². The summed E-state index contributed by atoms with van der Waals surface area (Å²) in [5.74, 6) is 0.895. The highest BCUT2D eigenvalue weighted by Crippen LogP contribution is 2.25. The minimum absolute atomic E-state index is 0.104. The number of halogens is 2. The van der Waals surface area contributed by atoms with Crippen LogP contribution in [0.25, 0.3) is 0 Å². The zero-order chi connectivity index (χ0) is 12.0. The lowest BCUT2D eigenvalue weighted by Crippen LogP contribution is -2.00. The summed E-state index contributed by atoms with van der Waals surface area (Å²) in [6.45, 7) is 2.01. The van der Waals surface area contributed by atoms with Gasteiger partial charge in [0.2, 0.25) is 0 Å². The molecule has 5 heteroatoms. The maximum atomic E-state index is 12.9. The average molecular weight is 307 g/mol. The molecule has 0 radical (unpaired) electrons. The van der Waals surface area contributed by atoms with Crippen LogP contribution in [-0.4, -0.2) is 17.5 Å². The molecule has 0 aromatic heterocycles. The van der Waals surface area contributed by atoms with Crippen molar-refractivity contribution in [2.75, 3.05) is 12.4 Å². The molecule has 0 spiro atoms. The van der Waals surface area contributed by atoms with Crippen molar-refractivity contribution < 1.29 is 13.9 Å². The van der Waals surface area contributed by atoms with Crippen LogP contribution < -0.4 is 4.74 Å². The average Bonchev–Trinajstić information content (AvgIpc) is 2.22. The normalized spacial score (nSPS) is 10.2. The quantitative estimate of drug-likeness (QED) is 0.777. The van der Waals surface area contributed by atoms with Crippen molar-refractivity contribution in [3.05, 3.63) is 28.5 Å². The molecule has 0 fully saturated rings. The molecule has 0 aliphatic carbocycles. The summed E-state index contributed by atoms with van der Waals surface area (Å²) >= 11 is 4.54. The molecule has 0 saturated heterocycles. The van der Waals surface area contributed by atoms with Gasteiger partial charge in [0.25, 0.3) is 0 Å². The summed E-state index contributed by atoms with van der Waals surface area (Å²) in [7, 11) is 0. The van der Waals surface area contributed by atoms with E-state index in [1.807, 2.05) is 0 Å². The lowest BCUT2D eigenvalue weighted by atomic mass is 10.3. The number of rotatable bonds is 5. The molecule has 0 atom stereocenters. The predicted octanol–water partition coefficient (Wildman–Crippen LogP) is 3.64. The van der Waals surface area contributed by atoms with Gasteiger partial charge in [-0.15, -0.1) is 0 Å². The smallest absolute Gasteiger partial charge is 0.185 e. The Kier molecular flexibility index (Phi) is 5.84. The molecule has 1 rings (SSSR count). The van der Waals surface area contributed by atoms with Crippen LogP contribution in [0.5, 0.6) is 5.75 Å². The van der Waals surface area contributed by atoms with Crippen molar-refractivity contribution in [3.8, 4) is 5.75 Å². The Hall–Kier alpha value is -0.550. The predicted molar refractivity (Wildman–Crippen MR) is 67.4 cm³/mol. The van der Waals surface area contributed by atoms with Crippen molar-refractivity contribution in [3.63, 3.8) is 0 Å². The third-order valence-corrected chi connectivity index (χ3v) is 3.30. The molecule has 0 aliphatic heterocycles. The van der Waals surface area contributed by atoms with Gasteiger partial charge in [0.05, 0.1) is 11.1 Å². The summed E-state index contributed by atoms with van der Waals surface area (Å²) < 4.78 is 19.0. The van der Waals surface area contributed by atoms with Crippen LogP contribution in [-0.2, 0) is 4.79 Å². The number of thioether (sulfide) groups is 1. The van der Waals surface area contributed by atoms with Crippen LogP contribution in [0.2, 0.25) is 0 Å². The van der Waals surface area contributed by atoms with Crippen molar-refractivity contribution in [1.29, 1.82) is 0 Å². The highest BCUT2D eigenvalue weighted by atomic mass is 79.9. The van der Waals surface area contributed by atoms with Gasteiger partial charge in [0, 0.05) is 18.7 Å². The first-order valence-electron chi connectivity index (χ1n) is 4.81. The van der Waals surface area contributed by atoms with Crippen LogP contribution in [0, 0.1) is 5.82 Å². The minimum atomic E-state index is -0.323. The number of hydrogen-bond donors (Lipinski definition) is 0. The zero-order valence-electron chi connectivity index (χ0n) is 8.83. The van der Waals surface area contributed by atoms with Gasteiger partial charge >= 0.3 is 0 Å². The monoisotopic (exact) mass is 306 g/mol. The van der Waals surface area contributed by atoms with Crippen LogP contribution in [0.15, 0.2) is 22.7 Å². The van der Waals surface area contributed by atoms with Gasteiger partial charge in [0.1, 0.15) is 11.6 Å². The lowest BCUT2D eigenvalue weighted by Gasteiger charge is -2.07. The van der Waals surface area contributed by atoms with Gasteiger partial charge in [-0.05, 0) is 34.5 Å². The second-order valence-electron chi connectivity index (χ2n) is 3.12. The number of ether oxygens (including phenoxy) is 1. The Morgan fingerprint density at radius 2 is 2.31 bits per heavy atom. The Balaban J connectivity index is 2.31. The number of hydrogen-bond acceptors (Lipinski definition) is 3. The summed E-state index contributed by atoms with van der Waals surface area (Å²) in [5.41, 5.74) is 0. The molecule has 0 amide bonds. The lowest BCUT2D eigenvalue weighted by molar-refractivity contribution is -0.109. The van der Waals surface area contributed by atoms with Crippen LogP contribution in [0.3, 0.4) is 0 Å². The number of carbonyl (C=O) groups excluding carboxylic acids is 1. The Labute approximate surface area is 107 Å². The number of carbonyl (C=O) groups is 1. The van der Waals surface area contributed by atoms with Gasteiger partial charge in [0.15, 0.2) is 5.12 Å². The van der Waals surface area contributed by atoms with Crippen LogP contribution >= 0.6 is 27.7 Å². The topological polar surface area (TPSA) is 26.3 Å². The molecule has 0 heterocycles.